The fourth-order valence-corrected chi connectivity index (χ4v) is 2.78. The number of nitrogens with zero attached hydrogens (tertiary/aromatic N) is 2. The van der Waals surface area contributed by atoms with Crippen LogP contribution in [0, 0.1) is 17.1 Å². The van der Waals surface area contributed by atoms with Gasteiger partial charge in [0.2, 0.25) is 0 Å². The number of hydrogen-bond acceptors (Lipinski definition) is 5. The molecule has 0 bridgehead atoms. The summed E-state index contributed by atoms with van der Waals surface area (Å²) in [6.07, 6.45) is 1.80. The fourth-order valence-electron chi connectivity index (χ4n) is 2.05. The van der Waals surface area contributed by atoms with Crippen molar-refractivity contribution in [3.8, 4) is 6.07 Å². The topological polar surface area (TPSA) is 70.4 Å². The van der Waals surface area contributed by atoms with Crippen LogP contribution in [-0.2, 0) is 14.3 Å². The Kier molecular flexibility index (Phi) is 7.06. The Labute approximate surface area is 154 Å². The van der Waals surface area contributed by atoms with Gasteiger partial charge in [0.25, 0.3) is 5.91 Å². The molecular formula is C19H17FN2O3S. The predicted octanol–water partition coefficient (Wildman–Crippen LogP) is 3.34. The molecule has 1 aromatic carbocycles. The average Bonchev–Trinajstić information content (AvgIpc) is 3.17. The minimum absolute atomic E-state index is 0.209. The number of carbonyl (C=O) groups excluding carboxylic acids is 2. The first-order valence-electron chi connectivity index (χ1n) is 7.80. The number of rotatable bonds is 7. The third kappa shape index (κ3) is 5.53. The Morgan fingerprint density at radius 2 is 2.04 bits per heavy atom. The summed E-state index contributed by atoms with van der Waals surface area (Å²) < 4.78 is 18.2. The molecule has 1 heterocycles. The van der Waals surface area contributed by atoms with Crippen molar-refractivity contribution < 1.29 is 18.7 Å². The Hall–Kier alpha value is -2.98. The quantitative estimate of drug-likeness (QED) is 0.552. The van der Waals surface area contributed by atoms with Crippen LogP contribution in [-0.4, -0.2) is 37.0 Å². The molecule has 2 aromatic rings. The number of nitriles is 1. The third-order valence-corrected chi connectivity index (χ3v) is 4.40. The van der Waals surface area contributed by atoms with E-state index >= 15 is 0 Å². The molecule has 0 aliphatic carbocycles. The maximum atomic E-state index is 13.1. The van der Waals surface area contributed by atoms with E-state index in [4.69, 9.17) is 10.00 Å². The third-order valence-electron chi connectivity index (χ3n) is 3.50. The molecular weight excluding hydrogens is 355 g/mol. The van der Waals surface area contributed by atoms with E-state index in [-0.39, 0.29) is 24.7 Å². The van der Waals surface area contributed by atoms with Gasteiger partial charge in [-0.1, -0.05) is 18.2 Å². The highest BCUT2D eigenvalue weighted by Gasteiger charge is 2.18. The van der Waals surface area contributed by atoms with Crippen LogP contribution < -0.4 is 0 Å². The minimum Gasteiger partial charge on any atom is -0.452 e. The van der Waals surface area contributed by atoms with Crippen molar-refractivity contribution in [2.24, 2.45) is 0 Å². The summed E-state index contributed by atoms with van der Waals surface area (Å²) in [5.41, 5.74) is 0.934. The first kappa shape index (κ1) is 19.3. The number of ether oxygens (including phenoxy) is 1. The Balaban J connectivity index is 2.11. The molecule has 0 N–H and O–H groups in total. The van der Waals surface area contributed by atoms with Crippen molar-refractivity contribution in [2.45, 2.75) is 6.42 Å². The second kappa shape index (κ2) is 9.49. The lowest BCUT2D eigenvalue weighted by molar-refractivity contribution is -0.146. The summed E-state index contributed by atoms with van der Waals surface area (Å²) in [6.45, 7) is -0.136. The van der Waals surface area contributed by atoms with Crippen molar-refractivity contribution in [2.75, 3.05) is 20.2 Å². The van der Waals surface area contributed by atoms with Crippen LogP contribution in [0.4, 0.5) is 4.39 Å². The molecule has 2 rings (SSSR count). The van der Waals surface area contributed by atoms with Crippen molar-refractivity contribution in [3.63, 3.8) is 0 Å². The van der Waals surface area contributed by atoms with Crippen LogP contribution in [0.25, 0.3) is 11.6 Å². The van der Waals surface area contributed by atoms with Gasteiger partial charge in [0, 0.05) is 18.5 Å². The average molecular weight is 372 g/mol. The van der Waals surface area contributed by atoms with Gasteiger partial charge in [-0.2, -0.15) is 5.26 Å². The monoisotopic (exact) mass is 372 g/mol. The van der Waals surface area contributed by atoms with Gasteiger partial charge in [0.05, 0.1) is 18.1 Å². The summed E-state index contributed by atoms with van der Waals surface area (Å²) in [6, 6.07) is 11.2. The smallest absolute Gasteiger partial charge is 0.340 e. The normalized spacial score (nSPS) is 10.9. The van der Waals surface area contributed by atoms with Gasteiger partial charge >= 0.3 is 5.97 Å². The van der Waals surface area contributed by atoms with Gasteiger partial charge in [-0.25, -0.2) is 9.18 Å². The van der Waals surface area contributed by atoms with E-state index in [2.05, 4.69) is 0 Å². The van der Waals surface area contributed by atoms with E-state index in [1.54, 1.807) is 37.4 Å². The maximum absolute atomic E-state index is 13.1. The van der Waals surface area contributed by atoms with E-state index < -0.39 is 12.6 Å². The lowest BCUT2D eigenvalue weighted by atomic mass is 10.1. The number of hydrogen-bond donors (Lipinski definition) is 0. The minimum atomic E-state index is -0.640. The number of halogens is 1. The summed E-state index contributed by atoms with van der Waals surface area (Å²) in [5.74, 6) is -1.40. The molecule has 0 saturated carbocycles. The first-order valence-corrected chi connectivity index (χ1v) is 8.68. The van der Waals surface area contributed by atoms with E-state index in [1.165, 1.54) is 28.4 Å². The summed E-state index contributed by atoms with van der Waals surface area (Å²) >= 11 is 1.36. The van der Waals surface area contributed by atoms with Crippen LogP contribution in [0.1, 0.15) is 16.9 Å². The van der Waals surface area contributed by atoms with Crippen LogP contribution in [0.2, 0.25) is 0 Å². The van der Waals surface area contributed by atoms with E-state index in [1.807, 2.05) is 11.4 Å². The lowest BCUT2D eigenvalue weighted by Crippen LogP contribution is -2.32. The van der Waals surface area contributed by atoms with E-state index in [0.29, 0.717) is 16.0 Å². The summed E-state index contributed by atoms with van der Waals surface area (Å²) in [4.78, 5) is 26.4. The van der Waals surface area contributed by atoms with Gasteiger partial charge < -0.3 is 9.64 Å². The van der Waals surface area contributed by atoms with Crippen molar-refractivity contribution in [3.05, 3.63) is 58.0 Å². The second-order valence-electron chi connectivity index (χ2n) is 5.39. The number of thiophene rings is 1. The highest BCUT2D eigenvalue weighted by Crippen LogP contribution is 2.24. The largest absolute Gasteiger partial charge is 0.452 e. The number of likely N-dealkylation sites (N-methyl/N-ethyl adjacent to an activating group) is 1. The fraction of sp³-hybridized carbons (Fsp3) is 0.211. The van der Waals surface area contributed by atoms with Crippen LogP contribution in [0.3, 0.4) is 0 Å². The first-order chi connectivity index (χ1) is 12.5. The molecule has 0 spiro atoms. The van der Waals surface area contributed by atoms with Gasteiger partial charge in [0.1, 0.15) is 5.82 Å². The highest BCUT2D eigenvalue weighted by molar-refractivity contribution is 7.11. The van der Waals surface area contributed by atoms with Crippen molar-refractivity contribution in [1.82, 2.24) is 4.90 Å². The molecule has 0 aliphatic rings. The SMILES string of the molecule is CN(CCC#N)C(=O)COC(=O)/C(=C/c1ccc(F)cc1)c1cccs1. The number of esters is 1. The number of carbonyl (C=O) groups is 2. The van der Waals surface area contributed by atoms with Crippen LogP contribution in [0.5, 0.6) is 0 Å². The molecule has 5 nitrogen and oxygen atoms in total. The van der Waals surface area contributed by atoms with Crippen LogP contribution in [0.15, 0.2) is 41.8 Å². The van der Waals surface area contributed by atoms with Gasteiger partial charge in [-0.15, -0.1) is 11.3 Å². The van der Waals surface area contributed by atoms with E-state index in [9.17, 15) is 14.0 Å². The zero-order valence-corrected chi connectivity index (χ0v) is 15.0. The zero-order valence-electron chi connectivity index (χ0n) is 14.1. The molecule has 7 heteroatoms. The molecule has 0 radical (unpaired) electrons. The molecule has 26 heavy (non-hydrogen) atoms. The summed E-state index contributed by atoms with van der Waals surface area (Å²) in [5, 5.41) is 10.4. The number of benzene rings is 1. The van der Waals surface area contributed by atoms with Gasteiger partial charge in [-0.05, 0) is 35.2 Å². The Morgan fingerprint density at radius 1 is 1.31 bits per heavy atom. The lowest BCUT2D eigenvalue weighted by Gasteiger charge is -2.15. The molecule has 0 aliphatic heterocycles. The molecule has 134 valence electrons. The molecule has 0 saturated heterocycles. The van der Waals surface area contributed by atoms with Gasteiger partial charge in [-0.3, -0.25) is 4.79 Å². The molecule has 1 aromatic heterocycles. The van der Waals surface area contributed by atoms with Gasteiger partial charge in [0.15, 0.2) is 6.61 Å². The highest BCUT2D eigenvalue weighted by atomic mass is 32.1. The standard InChI is InChI=1S/C19H17FN2O3S/c1-22(10-3-9-21)18(23)13-25-19(24)16(17-4-2-11-26-17)12-14-5-7-15(20)8-6-14/h2,4-8,11-12H,3,10,13H2,1H3/b16-12+. The summed E-state index contributed by atoms with van der Waals surface area (Å²) in [7, 11) is 1.54. The van der Waals surface area contributed by atoms with Crippen LogP contribution >= 0.6 is 11.3 Å². The Morgan fingerprint density at radius 3 is 2.65 bits per heavy atom. The Bertz CT molecular complexity index is 823. The maximum Gasteiger partial charge on any atom is 0.340 e. The molecule has 1 amide bonds. The molecule has 0 fully saturated rings. The zero-order chi connectivity index (χ0) is 18.9. The van der Waals surface area contributed by atoms with E-state index in [0.717, 1.165) is 0 Å². The molecule has 0 atom stereocenters. The second-order valence-corrected chi connectivity index (χ2v) is 6.33. The van der Waals surface area contributed by atoms with Crippen molar-refractivity contribution in [1.29, 1.82) is 5.26 Å². The van der Waals surface area contributed by atoms with Crippen molar-refractivity contribution >= 4 is 34.9 Å². The molecule has 0 unspecified atom stereocenters. The number of amides is 1. The predicted molar refractivity (Wildman–Crippen MR) is 97.4 cm³/mol.